The van der Waals surface area contributed by atoms with Crippen LogP contribution in [-0.2, 0) is 0 Å². The summed E-state index contributed by atoms with van der Waals surface area (Å²) in [5.74, 6) is 2.44. The molecule has 1 saturated heterocycles. The fraction of sp³-hybridized carbons (Fsp3) is 0.667. The van der Waals surface area contributed by atoms with Crippen molar-refractivity contribution in [3.8, 4) is 0 Å². The molecule has 1 aliphatic heterocycles. The molecular weight excluding hydrogens is 350 g/mol. The lowest BCUT2D eigenvalue weighted by Gasteiger charge is -2.43. The van der Waals surface area contributed by atoms with Crippen LogP contribution in [0.3, 0.4) is 0 Å². The third-order valence-corrected chi connectivity index (χ3v) is 6.09. The van der Waals surface area contributed by atoms with Crippen LogP contribution in [0.25, 0.3) is 0 Å². The van der Waals surface area contributed by atoms with E-state index < -0.39 is 0 Å². The lowest BCUT2D eigenvalue weighted by molar-refractivity contribution is 0.0814. The van der Waals surface area contributed by atoms with Crippen LogP contribution in [0.15, 0.2) is 16.7 Å². The van der Waals surface area contributed by atoms with E-state index in [1.165, 1.54) is 37.2 Å². The van der Waals surface area contributed by atoms with E-state index in [-0.39, 0.29) is 11.4 Å². The second-order valence-electron chi connectivity index (χ2n) is 5.95. The molecule has 1 amide bonds. The smallest absolute Gasteiger partial charge is 0.267 e. The highest BCUT2D eigenvalue weighted by molar-refractivity contribution is 9.10. The Labute approximate surface area is 138 Å². The zero-order valence-corrected chi connectivity index (χ0v) is 14.6. The third kappa shape index (κ3) is 3.48. The van der Waals surface area contributed by atoms with Gasteiger partial charge in [-0.25, -0.2) is 0 Å². The molecule has 2 aliphatic rings. The van der Waals surface area contributed by atoms with E-state index in [1.807, 2.05) is 17.8 Å². The number of aromatic nitrogens is 1. The van der Waals surface area contributed by atoms with Gasteiger partial charge in [-0.3, -0.25) is 9.69 Å². The Morgan fingerprint density at radius 1 is 1.38 bits per heavy atom. The van der Waals surface area contributed by atoms with Crippen LogP contribution < -0.4 is 5.32 Å². The fourth-order valence-electron chi connectivity index (χ4n) is 3.51. The number of rotatable bonds is 4. The number of hydrogen-bond donors (Lipinski definition) is 2. The van der Waals surface area contributed by atoms with Crippen LogP contribution in [0.1, 0.15) is 36.2 Å². The first kappa shape index (κ1) is 15.4. The molecule has 3 rings (SSSR count). The van der Waals surface area contributed by atoms with Gasteiger partial charge in [0.1, 0.15) is 5.69 Å². The maximum atomic E-state index is 12.3. The molecule has 0 radical (unpaired) electrons. The lowest BCUT2D eigenvalue weighted by atomic mass is 9.94. The molecule has 116 valence electrons. The van der Waals surface area contributed by atoms with Crippen LogP contribution in [0, 0.1) is 0 Å². The van der Waals surface area contributed by atoms with E-state index in [0.29, 0.717) is 5.69 Å². The highest BCUT2D eigenvalue weighted by Gasteiger charge is 2.40. The van der Waals surface area contributed by atoms with E-state index in [1.54, 1.807) is 6.20 Å². The Morgan fingerprint density at radius 3 is 2.71 bits per heavy atom. The summed E-state index contributed by atoms with van der Waals surface area (Å²) in [5.41, 5.74) is 0.824. The molecule has 2 fully saturated rings. The van der Waals surface area contributed by atoms with Gasteiger partial charge < -0.3 is 10.3 Å². The topological polar surface area (TPSA) is 48.1 Å². The SMILES string of the molecule is O=C(NCC1(N2CCSCC2)CCCC1)c1cc(Br)c[nH]1. The van der Waals surface area contributed by atoms with Crippen molar-refractivity contribution in [3.63, 3.8) is 0 Å². The van der Waals surface area contributed by atoms with Gasteiger partial charge in [-0.15, -0.1) is 0 Å². The highest BCUT2D eigenvalue weighted by atomic mass is 79.9. The fourth-order valence-corrected chi connectivity index (χ4v) is 4.76. The minimum absolute atomic E-state index is 0.00152. The van der Waals surface area contributed by atoms with Gasteiger partial charge in [0.25, 0.3) is 5.91 Å². The normalized spacial score (nSPS) is 22.3. The van der Waals surface area contributed by atoms with Crippen LogP contribution in [0.4, 0.5) is 0 Å². The summed E-state index contributed by atoms with van der Waals surface area (Å²) in [6.45, 7) is 3.09. The quantitative estimate of drug-likeness (QED) is 0.855. The number of H-pyrrole nitrogens is 1. The van der Waals surface area contributed by atoms with E-state index in [4.69, 9.17) is 0 Å². The van der Waals surface area contributed by atoms with Crippen molar-refractivity contribution in [2.45, 2.75) is 31.2 Å². The molecule has 1 aliphatic carbocycles. The van der Waals surface area contributed by atoms with Gasteiger partial charge in [0, 0.05) is 47.3 Å². The Balaban J connectivity index is 1.64. The van der Waals surface area contributed by atoms with Crippen molar-refractivity contribution < 1.29 is 4.79 Å². The van der Waals surface area contributed by atoms with Gasteiger partial charge in [0.05, 0.1) is 0 Å². The van der Waals surface area contributed by atoms with Crippen molar-refractivity contribution in [1.29, 1.82) is 0 Å². The average molecular weight is 372 g/mol. The first-order chi connectivity index (χ1) is 10.2. The zero-order valence-electron chi connectivity index (χ0n) is 12.2. The second-order valence-corrected chi connectivity index (χ2v) is 8.09. The molecule has 2 heterocycles. The molecule has 6 heteroatoms. The Morgan fingerprint density at radius 2 is 2.10 bits per heavy atom. The van der Waals surface area contributed by atoms with Crippen molar-refractivity contribution in [2.75, 3.05) is 31.1 Å². The molecule has 0 atom stereocenters. The second kappa shape index (κ2) is 6.75. The van der Waals surface area contributed by atoms with Crippen molar-refractivity contribution >= 4 is 33.6 Å². The molecule has 0 spiro atoms. The summed E-state index contributed by atoms with van der Waals surface area (Å²) in [4.78, 5) is 17.9. The number of carbonyl (C=O) groups is 1. The van der Waals surface area contributed by atoms with E-state index in [9.17, 15) is 4.79 Å². The van der Waals surface area contributed by atoms with Gasteiger partial charge >= 0.3 is 0 Å². The monoisotopic (exact) mass is 371 g/mol. The number of amides is 1. The van der Waals surface area contributed by atoms with Crippen LogP contribution in [0.2, 0.25) is 0 Å². The molecule has 0 aromatic carbocycles. The minimum atomic E-state index is -0.00152. The van der Waals surface area contributed by atoms with Gasteiger partial charge in [0.15, 0.2) is 0 Å². The Bertz CT molecular complexity index is 493. The van der Waals surface area contributed by atoms with Crippen molar-refractivity contribution in [1.82, 2.24) is 15.2 Å². The number of nitrogens with zero attached hydrogens (tertiary/aromatic N) is 1. The number of thioether (sulfide) groups is 1. The summed E-state index contributed by atoms with van der Waals surface area (Å²) < 4.78 is 0.913. The summed E-state index contributed by atoms with van der Waals surface area (Å²) in [7, 11) is 0. The number of carbonyl (C=O) groups excluding carboxylic acids is 1. The maximum absolute atomic E-state index is 12.3. The molecule has 0 unspecified atom stereocenters. The van der Waals surface area contributed by atoms with Gasteiger partial charge in [-0.1, -0.05) is 12.8 Å². The van der Waals surface area contributed by atoms with Crippen LogP contribution in [-0.4, -0.2) is 52.5 Å². The first-order valence-corrected chi connectivity index (χ1v) is 9.59. The van der Waals surface area contributed by atoms with E-state index >= 15 is 0 Å². The summed E-state index contributed by atoms with van der Waals surface area (Å²) in [6.07, 6.45) is 6.79. The number of nitrogens with one attached hydrogen (secondary N) is 2. The van der Waals surface area contributed by atoms with Crippen LogP contribution >= 0.6 is 27.7 Å². The predicted octanol–water partition coefficient (Wildman–Crippen LogP) is 2.87. The van der Waals surface area contributed by atoms with Gasteiger partial charge in [0.2, 0.25) is 0 Å². The summed E-state index contributed by atoms with van der Waals surface area (Å²) in [5, 5.41) is 3.15. The lowest BCUT2D eigenvalue weighted by Crippen LogP contribution is -2.56. The number of halogens is 1. The standard InChI is InChI=1S/C15H22BrN3OS/c16-12-9-13(17-10-12)14(20)18-11-15(3-1-2-4-15)19-5-7-21-8-6-19/h9-10,17H,1-8,11H2,(H,18,20). The minimum Gasteiger partial charge on any atom is -0.356 e. The van der Waals surface area contributed by atoms with Gasteiger partial charge in [-0.2, -0.15) is 11.8 Å². The zero-order chi connectivity index (χ0) is 14.7. The molecule has 2 N–H and O–H groups in total. The molecule has 21 heavy (non-hydrogen) atoms. The average Bonchev–Trinajstić information content (AvgIpc) is 3.16. The predicted molar refractivity (Wildman–Crippen MR) is 90.9 cm³/mol. The maximum Gasteiger partial charge on any atom is 0.267 e. The van der Waals surface area contributed by atoms with Crippen molar-refractivity contribution in [3.05, 3.63) is 22.4 Å². The number of hydrogen-bond acceptors (Lipinski definition) is 3. The van der Waals surface area contributed by atoms with Crippen LogP contribution in [0.5, 0.6) is 0 Å². The van der Waals surface area contributed by atoms with E-state index in [2.05, 4.69) is 31.1 Å². The van der Waals surface area contributed by atoms with Crippen molar-refractivity contribution in [2.24, 2.45) is 0 Å². The van der Waals surface area contributed by atoms with E-state index in [0.717, 1.165) is 24.1 Å². The third-order valence-electron chi connectivity index (χ3n) is 4.69. The molecule has 1 aromatic rings. The largest absolute Gasteiger partial charge is 0.356 e. The molecule has 1 aromatic heterocycles. The molecule has 1 saturated carbocycles. The molecule has 4 nitrogen and oxygen atoms in total. The Kier molecular flexibility index (Phi) is 4.96. The van der Waals surface area contributed by atoms with Gasteiger partial charge in [-0.05, 0) is 34.8 Å². The first-order valence-electron chi connectivity index (χ1n) is 7.65. The molecular formula is C15H22BrN3OS. The summed E-state index contributed by atoms with van der Waals surface area (Å²) >= 11 is 5.41. The number of aromatic amines is 1. The summed E-state index contributed by atoms with van der Waals surface area (Å²) in [6, 6.07) is 1.83. The Hall–Kier alpha value is -0.460. The molecule has 0 bridgehead atoms. The highest BCUT2D eigenvalue weighted by Crippen LogP contribution is 2.36.